The maximum absolute atomic E-state index is 4.64. The lowest BCUT2D eigenvalue weighted by molar-refractivity contribution is -0.499. The van der Waals surface area contributed by atoms with E-state index in [0.29, 0.717) is 0 Å². The zero-order chi connectivity index (χ0) is 12.7. The second-order valence-electron chi connectivity index (χ2n) is 3.91. The van der Waals surface area contributed by atoms with Gasteiger partial charge in [0.1, 0.15) is 0 Å². The van der Waals surface area contributed by atoms with Crippen LogP contribution < -0.4 is 5.32 Å². The molecular formula is C11H26N5+. The number of nitrogens with one attached hydrogen (secondary N) is 1. The van der Waals surface area contributed by atoms with Crippen LogP contribution in [0.4, 0.5) is 0 Å². The summed E-state index contributed by atoms with van der Waals surface area (Å²) in [5.41, 5.74) is 0. The Balaban J connectivity index is 5.22. The maximum atomic E-state index is 4.64. The zero-order valence-corrected chi connectivity index (χ0v) is 11.7. The van der Waals surface area contributed by atoms with Gasteiger partial charge in [-0.3, -0.25) is 9.48 Å². The van der Waals surface area contributed by atoms with Crippen molar-refractivity contribution >= 4 is 11.9 Å². The molecule has 0 amide bonds. The van der Waals surface area contributed by atoms with Crippen molar-refractivity contribution in [2.45, 2.75) is 13.8 Å². The van der Waals surface area contributed by atoms with E-state index in [4.69, 9.17) is 0 Å². The highest BCUT2D eigenvalue weighted by Crippen LogP contribution is 1.92. The van der Waals surface area contributed by atoms with E-state index in [1.165, 1.54) is 0 Å². The van der Waals surface area contributed by atoms with Crippen LogP contribution in [-0.2, 0) is 0 Å². The van der Waals surface area contributed by atoms with E-state index in [2.05, 4.69) is 33.6 Å². The van der Waals surface area contributed by atoms with Crippen LogP contribution in [0.1, 0.15) is 13.8 Å². The van der Waals surface area contributed by atoms with Crippen molar-refractivity contribution in [1.82, 2.24) is 15.1 Å². The monoisotopic (exact) mass is 228 g/mol. The van der Waals surface area contributed by atoms with Gasteiger partial charge in [-0.2, -0.15) is 0 Å². The third-order valence-electron chi connectivity index (χ3n) is 2.48. The third-order valence-corrected chi connectivity index (χ3v) is 2.48. The molecule has 0 aromatic carbocycles. The molecule has 0 rings (SSSR count). The normalized spacial score (nSPS) is 13.3. The van der Waals surface area contributed by atoms with E-state index in [-0.39, 0.29) is 0 Å². The molecule has 16 heavy (non-hydrogen) atoms. The van der Waals surface area contributed by atoms with Crippen LogP contribution in [-0.4, -0.2) is 74.6 Å². The molecule has 94 valence electrons. The van der Waals surface area contributed by atoms with Crippen molar-refractivity contribution in [2.75, 3.05) is 48.3 Å². The Kier molecular flexibility index (Phi) is 6.53. The van der Waals surface area contributed by atoms with Crippen LogP contribution in [0, 0.1) is 0 Å². The Hall–Kier alpha value is -1.26. The first kappa shape index (κ1) is 14.7. The van der Waals surface area contributed by atoms with E-state index in [0.717, 1.165) is 25.0 Å². The van der Waals surface area contributed by atoms with Gasteiger partial charge in [-0.05, 0) is 18.8 Å². The highest BCUT2D eigenvalue weighted by molar-refractivity contribution is 5.92. The van der Waals surface area contributed by atoms with Crippen molar-refractivity contribution in [3.8, 4) is 0 Å². The van der Waals surface area contributed by atoms with Crippen LogP contribution in [0.3, 0.4) is 0 Å². The summed E-state index contributed by atoms with van der Waals surface area (Å²) in [6, 6.07) is 0. The molecule has 0 fully saturated rings. The summed E-state index contributed by atoms with van der Waals surface area (Å²) in [6.45, 7) is 6.11. The van der Waals surface area contributed by atoms with E-state index >= 15 is 0 Å². The van der Waals surface area contributed by atoms with Gasteiger partial charge in [0, 0.05) is 21.1 Å². The molecule has 0 aromatic rings. The molecular weight excluding hydrogens is 202 g/mol. The first-order chi connectivity index (χ1) is 7.47. The minimum atomic E-state index is 0.857. The van der Waals surface area contributed by atoms with Gasteiger partial charge in [-0.25, -0.2) is 0 Å². The molecule has 1 N–H and O–H groups in total. The minimum absolute atomic E-state index is 0.857. The molecule has 0 bridgehead atoms. The summed E-state index contributed by atoms with van der Waals surface area (Å²) in [5.74, 6) is 1.83. The van der Waals surface area contributed by atoms with E-state index < -0.39 is 0 Å². The van der Waals surface area contributed by atoms with Gasteiger partial charge in [-0.15, -0.1) is 0 Å². The predicted octanol–water partition coefficient (Wildman–Crippen LogP) is 0.0933. The molecule has 0 saturated heterocycles. The lowest BCUT2D eigenvalue weighted by Crippen LogP contribution is -2.39. The maximum Gasteiger partial charge on any atom is 0.392 e. The Morgan fingerprint density at radius 2 is 1.81 bits per heavy atom. The quantitative estimate of drug-likeness (QED) is 0.413. The molecule has 0 heterocycles. The van der Waals surface area contributed by atoms with Crippen LogP contribution in [0.15, 0.2) is 4.99 Å². The SMILES string of the molecule is CCN(C)C(/N=C(/NC)N(C)C)=[N+](\C)CC. The average molecular weight is 228 g/mol. The molecule has 0 saturated carbocycles. The van der Waals surface area contributed by atoms with Crippen molar-refractivity contribution < 1.29 is 4.58 Å². The summed E-state index contributed by atoms with van der Waals surface area (Å²) in [6.07, 6.45) is 0. The van der Waals surface area contributed by atoms with Gasteiger partial charge in [0.2, 0.25) is 0 Å². The highest BCUT2D eigenvalue weighted by atomic mass is 15.3. The molecule has 0 radical (unpaired) electrons. The van der Waals surface area contributed by atoms with Crippen LogP contribution in [0.2, 0.25) is 0 Å². The molecule has 5 heteroatoms. The number of hydrogen-bond acceptors (Lipinski definition) is 0. The van der Waals surface area contributed by atoms with E-state index in [9.17, 15) is 0 Å². The van der Waals surface area contributed by atoms with Crippen LogP contribution in [0.25, 0.3) is 0 Å². The lowest BCUT2D eigenvalue weighted by Gasteiger charge is -2.15. The summed E-state index contributed by atoms with van der Waals surface area (Å²) in [7, 11) is 9.94. The number of rotatable bonds is 2. The smallest absolute Gasteiger partial charge is 0.345 e. The third kappa shape index (κ3) is 4.08. The van der Waals surface area contributed by atoms with Crippen molar-refractivity contribution in [3.63, 3.8) is 0 Å². The first-order valence-electron chi connectivity index (χ1n) is 5.70. The van der Waals surface area contributed by atoms with Gasteiger partial charge >= 0.3 is 5.96 Å². The molecule has 0 aliphatic heterocycles. The van der Waals surface area contributed by atoms with Crippen LogP contribution >= 0.6 is 0 Å². The minimum Gasteiger partial charge on any atom is -0.345 e. The molecule has 0 aromatic heterocycles. The summed E-state index contributed by atoms with van der Waals surface area (Å²) in [5, 5.41) is 3.09. The fourth-order valence-corrected chi connectivity index (χ4v) is 1.22. The fraction of sp³-hybridized carbons (Fsp3) is 0.818. The highest BCUT2D eigenvalue weighted by Gasteiger charge is 2.17. The Morgan fingerprint density at radius 1 is 1.25 bits per heavy atom. The van der Waals surface area contributed by atoms with Crippen molar-refractivity contribution in [3.05, 3.63) is 0 Å². The molecule has 0 aliphatic carbocycles. The summed E-state index contributed by atoms with van der Waals surface area (Å²) >= 11 is 0. The first-order valence-corrected chi connectivity index (χ1v) is 5.70. The van der Waals surface area contributed by atoms with E-state index in [1.807, 2.05) is 40.1 Å². The van der Waals surface area contributed by atoms with Gasteiger partial charge in [0.05, 0.1) is 27.2 Å². The molecule has 5 nitrogen and oxygen atoms in total. The zero-order valence-electron chi connectivity index (χ0n) is 11.7. The standard InChI is InChI=1S/C11H25N5/c1-8-15(6)11(16(7)9-2)13-10(12-3)14(4)5/h8-9H2,1-7H3/p+1. The predicted molar refractivity (Wildman–Crippen MR) is 70.2 cm³/mol. The van der Waals surface area contributed by atoms with Gasteiger partial charge in [0.25, 0.3) is 5.96 Å². The van der Waals surface area contributed by atoms with Crippen molar-refractivity contribution in [2.24, 2.45) is 4.99 Å². The lowest BCUT2D eigenvalue weighted by atomic mass is 10.6. The molecule has 0 aliphatic rings. The van der Waals surface area contributed by atoms with Crippen molar-refractivity contribution in [1.29, 1.82) is 0 Å². The second-order valence-corrected chi connectivity index (χ2v) is 3.91. The fourth-order valence-electron chi connectivity index (χ4n) is 1.22. The van der Waals surface area contributed by atoms with Gasteiger partial charge < -0.3 is 10.2 Å². The summed E-state index contributed by atoms with van der Waals surface area (Å²) < 4.78 is 2.13. The Bertz CT molecular complexity index is 268. The number of nitrogens with zero attached hydrogens (tertiary/aromatic N) is 4. The van der Waals surface area contributed by atoms with Crippen LogP contribution in [0.5, 0.6) is 0 Å². The number of aliphatic imine (C=N–C) groups is 1. The number of hydrogen-bond donors (Lipinski definition) is 1. The largest absolute Gasteiger partial charge is 0.392 e. The Labute approximate surface area is 99.5 Å². The molecule has 0 unspecified atom stereocenters. The van der Waals surface area contributed by atoms with Gasteiger partial charge in [-0.1, -0.05) is 0 Å². The average Bonchev–Trinajstić information content (AvgIpc) is 2.28. The summed E-state index contributed by atoms with van der Waals surface area (Å²) in [4.78, 5) is 8.73. The molecule has 0 atom stereocenters. The second kappa shape index (κ2) is 7.09. The van der Waals surface area contributed by atoms with E-state index in [1.54, 1.807) is 0 Å². The Morgan fingerprint density at radius 3 is 2.12 bits per heavy atom. The van der Waals surface area contributed by atoms with Gasteiger partial charge in [0.15, 0.2) is 0 Å². The topological polar surface area (TPSA) is 33.9 Å². The number of guanidine groups is 2. The molecule has 0 spiro atoms.